The SMILES string of the molecule is CCCC(=O)c1ccc(C)c(NC(=O)c2[nH]c3c(c2C)C(=O)N(CC)C3)c1. The van der Waals surface area contributed by atoms with Crippen LogP contribution in [-0.2, 0) is 6.54 Å². The van der Waals surface area contributed by atoms with Gasteiger partial charge in [-0.05, 0) is 44.4 Å². The van der Waals surface area contributed by atoms with Gasteiger partial charge in [-0.15, -0.1) is 0 Å². The lowest BCUT2D eigenvalue weighted by Gasteiger charge is -2.13. The Morgan fingerprint density at radius 3 is 2.59 bits per heavy atom. The zero-order valence-corrected chi connectivity index (χ0v) is 16.2. The predicted molar refractivity (Wildman–Crippen MR) is 104 cm³/mol. The van der Waals surface area contributed by atoms with Crippen molar-refractivity contribution in [3.8, 4) is 0 Å². The van der Waals surface area contributed by atoms with Crippen molar-refractivity contribution in [3.05, 3.63) is 51.8 Å². The molecule has 6 nitrogen and oxygen atoms in total. The van der Waals surface area contributed by atoms with E-state index in [0.29, 0.717) is 47.6 Å². The molecule has 27 heavy (non-hydrogen) atoms. The zero-order valence-electron chi connectivity index (χ0n) is 16.2. The van der Waals surface area contributed by atoms with Crippen LogP contribution in [0.15, 0.2) is 18.2 Å². The first-order valence-corrected chi connectivity index (χ1v) is 9.33. The lowest BCUT2D eigenvalue weighted by Crippen LogP contribution is -2.24. The minimum atomic E-state index is -0.305. The normalized spacial score (nSPS) is 13.0. The number of hydrogen-bond donors (Lipinski definition) is 2. The van der Waals surface area contributed by atoms with Crippen LogP contribution >= 0.6 is 0 Å². The number of nitrogens with one attached hydrogen (secondary N) is 2. The number of aryl methyl sites for hydroxylation is 1. The number of ketones is 1. The van der Waals surface area contributed by atoms with Gasteiger partial charge in [0.1, 0.15) is 5.69 Å². The van der Waals surface area contributed by atoms with Gasteiger partial charge in [-0.3, -0.25) is 14.4 Å². The standard InChI is InChI=1S/C21H25N3O3/c1-5-7-17(25)14-9-8-12(3)15(10-14)23-20(26)19-13(4)18-16(22-19)11-24(6-2)21(18)27/h8-10,22H,5-7,11H2,1-4H3,(H,23,26). The highest BCUT2D eigenvalue weighted by atomic mass is 16.2. The number of fused-ring (bicyclic) bond motifs is 1. The van der Waals surface area contributed by atoms with Crippen LogP contribution in [0.4, 0.5) is 5.69 Å². The van der Waals surface area contributed by atoms with Crippen LogP contribution in [0.1, 0.15) is 74.7 Å². The Balaban J connectivity index is 1.85. The summed E-state index contributed by atoms with van der Waals surface area (Å²) in [4.78, 5) is 42.2. The number of hydrogen-bond acceptors (Lipinski definition) is 3. The Hall–Kier alpha value is -2.89. The third-order valence-corrected chi connectivity index (χ3v) is 5.07. The molecule has 1 aliphatic rings. The molecule has 0 radical (unpaired) electrons. The molecule has 142 valence electrons. The largest absolute Gasteiger partial charge is 0.352 e. The summed E-state index contributed by atoms with van der Waals surface area (Å²) in [6, 6.07) is 5.35. The molecule has 0 saturated heterocycles. The summed E-state index contributed by atoms with van der Waals surface area (Å²) in [5.74, 6) is -0.280. The number of benzene rings is 1. The first kappa shape index (κ1) is 18.9. The maximum atomic E-state index is 12.8. The summed E-state index contributed by atoms with van der Waals surface area (Å²) in [7, 11) is 0. The molecule has 1 aliphatic heterocycles. The number of amides is 2. The fourth-order valence-corrected chi connectivity index (χ4v) is 3.46. The first-order valence-electron chi connectivity index (χ1n) is 9.33. The average Bonchev–Trinajstić information content (AvgIpc) is 3.13. The minimum absolute atomic E-state index is 0.0383. The monoisotopic (exact) mass is 367 g/mol. The highest BCUT2D eigenvalue weighted by Gasteiger charge is 2.33. The zero-order chi connectivity index (χ0) is 19.7. The second-order valence-corrected chi connectivity index (χ2v) is 6.95. The molecule has 2 aromatic rings. The number of aromatic amines is 1. The van der Waals surface area contributed by atoms with Gasteiger partial charge in [0.25, 0.3) is 11.8 Å². The van der Waals surface area contributed by atoms with Gasteiger partial charge in [0.15, 0.2) is 5.78 Å². The lowest BCUT2D eigenvalue weighted by atomic mass is 10.0. The van der Waals surface area contributed by atoms with Gasteiger partial charge in [0.2, 0.25) is 0 Å². The maximum absolute atomic E-state index is 12.8. The second-order valence-electron chi connectivity index (χ2n) is 6.95. The van der Waals surface area contributed by atoms with Crippen LogP contribution in [0.2, 0.25) is 0 Å². The summed E-state index contributed by atoms with van der Waals surface area (Å²) in [6.07, 6.45) is 1.26. The highest BCUT2D eigenvalue weighted by molar-refractivity contribution is 6.09. The lowest BCUT2D eigenvalue weighted by molar-refractivity contribution is 0.0785. The van der Waals surface area contributed by atoms with E-state index in [1.807, 2.05) is 26.8 Å². The third kappa shape index (κ3) is 3.39. The van der Waals surface area contributed by atoms with Crippen molar-refractivity contribution in [1.29, 1.82) is 0 Å². The number of carbonyl (C=O) groups excluding carboxylic acids is 3. The van der Waals surface area contributed by atoms with E-state index in [4.69, 9.17) is 0 Å². The Morgan fingerprint density at radius 1 is 1.22 bits per heavy atom. The predicted octanol–water partition coefficient (Wildman–Crippen LogP) is 3.84. The number of Topliss-reactive ketones (excluding diaryl/α,β-unsaturated/α-hetero) is 1. The quantitative estimate of drug-likeness (QED) is 0.761. The van der Waals surface area contributed by atoms with Gasteiger partial charge in [-0.2, -0.15) is 0 Å². The Kier molecular flexibility index (Phi) is 5.17. The molecule has 1 aromatic heterocycles. The molecule has 0 unspecified atom stereocenters. The molecule has 3 rings (SSSR count). The topological polar surface area (TPSA) is 82.3 Å². The summed E-state index contributed by atoms with van der Waals surface area (Å²) in [5.41, 5.74) is 4.53. The van der Waals surface area contributed by atoms with E-state index >= 15 is 0 Å². The van der Waals surface area contributed by atoms with Crippen molar-refractivity contribution < 1.29 is 14.4 Å². The van der Waals surface area contributed by atoms with Crippen molar-refractivity contribution in [2.24, 2.45) is 0 Å². The van der Waals surface area contributed by atoms with E-state index in [-0.39, 0.29) is 17.6 Å². The van der Waals surface area contributed by atoms with E-state index in [2.05, 4.69) is 10.3 Å². The number of aromatic nitrogens is 1. The van der Waals surface area contributed by atoms with Crippen molar-refractivity contribution in [3.63, 3.8) is 0 Å². The Morgan fingerprint density at radius 2 is 1.96 bits per heavy atom. The second kappa shape index (κ2) is 7.39. The molecule has 0 spiro atoms. The van der Waals surface area contributed by atoms with Gasteiger partial charge >= 0.3 is 0 Å². The average molecular weight is 367 g/mol. The third-order valence-electron chi connectivity index (χ3n) is 5.07. The molecule has 0 saturated carbocycles. The van der Waals surface area contributed by atoms with E-state index < -0.39 is 0 Å². The van der Waals surface area contributed by atoms with Crippen molar-refractivity contribution >= 4 is 23.3 Å². The van der Waals surface area contributed by atoms with Crippen LogP contribution in [0.3, 0.4) is 0 Å². The van der Waals surface area contributed by atoms with Gasteiger partial charge in [-0.1, -0.05) is 19.1 Å². The summed E-state index contributed by atoms with van der Waals surface area (Å²) in [5, 5.41) is 2.89. The molecule has 2 heterocycles. The molecule has 2 N–H and O–H groups in total. The van der Waals surface area contributed by atoms with Crippen molar-refractivity contribution in [2.45, 2.75) is 47.1 Å². The van der Waals surface area contributed by atoms with Gasteiger partial charge in [-0.25, -0.2) is 0 Å². The molecule has 2 amide bonds. The molecular formula is C21H25N3O3. The van der Waals surface area contributed by atoms with E-state index in [9.17, 15) is 14.4 Å². The van der Waals surface area contributed by atoms with E-state index in [1.165, 1.54) is 0 Å². The minimum Gasteiger partial charge on any atom is -0.352 e. The number of carbonyl (C=O) groups is 3. The summed E-state index contributed by atoms with van der Waals surface area (Å²) in [6.45, 7) is 8.70. The highest BCUT2D eigenvalue weighted by Crippen LogP contribution is 2.28. The molecule has 0 atom stereocenters. The molecule has 1 aromatic carbocycles. The number of anilines is 1. The molecular weight excluding hydrogens is 342 g/mol. The van der Waals surface area contributed by atoms with Crippen LogP contribution in [-0.4, -0.2) is 34.0 Å². The van der Waals surface area contributed by atoms with Crippen LogP contribution in [0, 0.1) is 13.8 Å². The molecule has 0 aliphatic carbocycles. The molecule has 0 fully saturated rings. The number of nitrogens with zero attached hydrogens (tertiary/aromatic N) is 1. The molecule has 0 bridgehead atoms. The van der Waals surface area contributed by atoms with Crippen molar-refractivity contribution in [2.75, 3.05) is 11.9 Å². The smallest absolute Gasteiger partial charge is 0.272 e. The van der Waals surface area contributed by atoms with Crippen LogP contribution in [0.5, 0.6) is 0 Å². The van der Waals surface area contributed by atoms with Crippen LogP contribution in [0.25, 0.3) is 0 Å². The Labute approximate surface area is 159 Å². The molecule has 6 heteroatoms. The fraction of sp³-hybridized carbons (Fsp3) is 0.381. The Bertz CT molecular complexity index is 927. The number of rotatable bonds is 6. The van der Waals surface area contributed by atoms with E-state index in [0.717, 1.165) is 17.7 Å². The maximum Gasteiger partial charge on any atom is 0.272 e. The first-order chi connectivity index (χ1) is 12.9. The van der Waals surface area contributed by atoms with Crippen molar-refractivity contribution in [1.82, 2.24) is 9.88 Å². The number of H-pyrrole nitrogens is 1. The van der Waals surface area contributed by atoms with Gasteiger partial charge in [0, 0.05) is 29.9 Å². The summed E-state index contributed by atoms with van der Waals surface area (Å²) >= 11 is 0. The van der Waals surface area contributed by atoms with Gasteiger partial charge < -0.3 is 15.2 Å². The fourth-order valence-electron chi connectivity index (χ4n) is 3.46. The van der Waals surface area contributed by atoms with E-state index in [1.54, 1.807) is 24.0 Å². The van der Waals surface area contributed by atoms with Crippen LogP contribution < -0.4 is 5.32 Å². The van der Waals surface area contributed by atoms with Gasteiger partial charge in [0.05, 0.1) is 12.1 Å². The summed E-state index contributed by atoms with van der Waals surface area (Å²) < 4.78 is 0.